The number of benzene rings is 2. The fraction of sp³-hybridized carbons (Fsp3) is 0.238. The number of carbonyl (C=O) groups excluding carboxylic acids is 2. The number of hydrogen-bond acceptors (Lipinski definition) is 5. The topological polar surface area (TPSA) is 75.2 Å². The van der Waals surface area contributed by atoms with Crippen molar-refractivity contribution in [2.45, 2.75) is 19.3 Å². The molecule has 0 spiro atoms. The first-order valence-electron chi connectivity index (χ1n) is 9.14. The molecule has 0 radical (unpaired) electrons. The molecule has 1 atom stereocenters. The first kappa shape index (κ1) is 18.3. The van der Waals surface area contributed by atoms with Crippen molar-refractivity contribution in [3.8, 4) is 0 Å². The van der Waals surface area contributed by atoms with E-state index in [0.717, 1.165) is 21.8 Å². The molecule has 1 aliphatic heterocycles. The van der Waals surface area contributed by atoms with E-state index in [1.165, 1.54) is 11.5 Å². The highest BCUT2D eigenvalue weighted by Crippen LogP contribution is 2.28. The first-order valence-corrected chi connectivity index (χ1v) is 9.92. The van der Waals surface area contributed by atoms with Crippen molar-refractivity contribution < 1.29 is 9.59 Å². The van der Waals surface area contributed by atoms with Crippen molar-refractivity contribution in [2.24, 2.45) is 5.92 Å². The number of carbonyl (C=O) groups is 2. The number of fused-ring (bicyclic) bond motifs is 1. The molecule has 28 heavy (non-hydrogen) atoms. The molecule has 1 N–H and O–H groups in total. The number of nitrogens with zero attached hydrogens (tertiary/aromatic N) is 3. The lowest BCUT2D eigenvalue weighted by atomic mass is 10.00. The van der Waals surface area contributed by atoms with Crippen molar-refractivity contribution in [3.05, 3.63) is 70.7 Å². The largest absolute Gasteiger partial charge is 0.315 e. The smallest absolute Gasteiger partial charge is 0.241 e. The van der Waals surface area contributed by atoms with Gasteiger partial charge in [-0.05, 0) is 41.6 Å². The highest BCUT2D eigenvalue weighted by atomic mass is 32.1. The molecule has 1 aromatic heterocycles. The average Bonchev–Trinajstić information content (AvgIpc) is 3.10. The van der Waals surface area contributed by atoms with Crippen LogP contribution in [0.3, 0.4) is 0 Å². The third-order valence-electron chi connectivity index (χ3n) is 4.90. The molecule has 142 valence electrons. The number of amides is 2. The maximum atomic E-state index is 12.8. The molecule has 4 rings (SSSR count). The second-order valence-corrected chi connectivity index (χ2v) is 7.62. The van der Waals surface area contributed by atoms with Crippen molar-refractivity contribution in [2.75, 3.05) is 17.3 Å². The van der Waals surface area contributed by atoms with Gasteiger partial charge in [0, 0.05) is 19.2 Å². The van der Waals surface area contributed by atoms with Gasteiger partial charge in [0.1, 0.15) is 10.9 Å². The fourth-order valence-corrected chi connectivity index (χ4v) is 4.05. The molecule has 2 amide bonds. The van der Waals surface area contributed by atoms with E-state index >= 15 is 0 Å². The van der Waals surface area contributed by atoms with Crippen LogP contribution in [0.15, 0.2) is 54.6 Å². The van der Waals surface area contributed by atoms with Crippen molar-refractivity contribution in [3.63, 3.8) is 0 Å². The standard InChI is InChI=1S/C21H20N4O2S/c1-25-17-10-6-5-9-15(17)11-12-16(20(25)27)19(26)23-21-22-18(28-24-21)13-14-7-3-2-4-8-14/h2-10,16H,11-13H2,1H3,(H,23,24,26). The number of hydrogen-bond donors (Lipinski definition) is 1. The van der Waals surface area contributed by atoms with E-state index in [0.29, 0.717) is 19.3 Å². The summed E-state index contributed by atoms with van der Waals surface area (Å²) in [5.41, 5.74) is 3.07. The summed E-state index contributed by atoms with van der Waals surface area (Å²) < 4.78 is 4.23. The molecular formula is C21H20N4O2S. The van der Waals surface area contributed by atoms with Crippen molar-refractivity contribution in [1.29, 1.82) is 0 Å². The number of rotatable bonds is 4. The van der Waals surface area contributed by atoms with Gasteiger partial charge in [-0.3, -0.25) is 14.9 Å². The second-order valence-electron chi connectivity index (χ2n) is 6.78. The summed E-state index contributed by atoms with van der Waals surface area (Å²) in [5, 5.41) is 3.54. The third kappa shape index (κ3) is 3.80. The van der Waals surface area contributed by atoms with Gasteiger partial charge in [-0.15, -0.1) is 0 Å². The van der Waals surface area contributed by atoms with Crippen LogP contribution in [0.1, 0.15) is 22.6 Å². The Labute approximate surface area is 167 Å². The number of aromatic nitrogens is 2. The van der Waals surface area contributed by atoms with E-state index in [1.807, 2.05) is 54.6 Å². The molecule has 6 nitrogen and oxygen atoms in total. The lowest BCUT2D eigenvalue weighted by Crippen LogP contribution is -2.38. The zero-order valence-electron chi connectivity index (χ0n) is 15.5. The van der Waals surface area contributed by atoms with Gasteiger partial charge < -0.3 is 4.90 Å². The molecule has 1 unspecified atom stereocenters. The molecule has 0 saturated carbocycles. The SMILES string of the molecule is CN1C(=O)C(C(=O)Nc2nsc(Cc3ccccc3)n2)CCc2ccccc21. The molecule has 3 aromatic rings. The molecule has 0 fully saturated rings. The van der Waals surface area contributed by atoms with Gasteiger partial charge in [-0.2, -0.15) is 4.37 Å². The number of aryl methyl sites for hydroxylation is 1. The predicted octanol–water partition coefficient (Wildman–Crippen LogP) is 3.29. The van der Waals surface area contributed by atoms with E-state index in [1.54, 1.807) is 11.9 Å². The number of anilines is 2. The highest BCUT2D eigenvalue weighted by Gasteiger charge is 2.33. The maximum Gasteiger partial charge on any atom is 0.241 e. The maximum absolute atomic E-state index is 12.8. The lowest BCUT2D eigenvalue weighted by molar-refractivity contribution is -0.130. The van der Waals surface area contributed by atoms with E-state index in [9.17, 15) is 9.59 Å². The van der Waals surface area contributed by atoms with Gasteiger partial charge in [0.05, 0.1) is 0 Å². The summed E-state index contributed by atoms with van der Waals surface area (Å²) in [6.45, 7) is 0. The summed E-state index contributed by atoms with van der Waals surface area (Å²) in [5.74, 6) is -1.05. The molecule has 2 aromatic carbocycles. The molecule has 0 bridgehead atoms. The Morgan fingerprint density at radius 2 is 1.93 bits per heavy atom. The van der Waals surface area contributed by atoms with Gasteiger partial charge in [0.2, 0.25) is 17.8 Å². The minimum Gasteiger partial charge on any atom is -0.315 e. The van der Waals surface area contributed by atoms with Crippen LogP contribution in [0.5, 0.6) is 0 Å². The quantitative estimate of drug-likeness (QED) is 0.692. The highest BCUT2D eigenvalue weighted by molar-refractivity contribution is 7.05. The van der Waals surface area contributed by atoms with Crippen molar-refractivity contribution >= 4 is 35.0 Å². The Morgan fingerprint density at radius 3 is 2.75 bits per heavy atom. The van der Waals surface area contributed by atoms with Crippen LogP contribution in [-0.4, -0.2) is 28.2 Å². The number of para-hydroxylation sites is 1. The second kappa shape index (κ2) is 7.90. The van der Waals surface area contributed by atoms with Crippen LogP contribution in [-0.2, 0) is 22.4 Å². The van der Waals surface area contributed by atoms with Crippen LogP contribution < -0.4 is 10.2 Å². The normalized spacial score (nSPS) is 16.4. The van der Waals surface area contributed by atoms with Crippen LogP contribution in [0.4, 0.5) is 11.6 Å². The van der Waals surface area contributed by atoms with Crippen molar-refractivity contribution in [1.82, 2.24) is 9.36 Å². The van der Waals surface area contributed by atoms with Crippen LogP contribution in [0.2, 0.25) is 0 Å². The average molecular weight is 392 g/mol. The zero-order valence-corrected chi connectivity index (χ0v) is 16.3. The van der Waals surface area contributed by atoms with E-state index in [2.05, 4.69) is 14.7 Å². The summed E-state index contributed by atoms with van der Waals surface area (Å²) in [6.07, 6.45) is 1.80. The van der Waals surface area contributed by atoms with E-state index < -0.39 is 5.92 Å². The fourth-order valence-electron chi connectivity index (χ4n) is 3.41. The molecular weight excluding hydrogens is 372 g/mol. The summed E-state index contributed by atoms with van der Waals surface area (Å²) >= 11 is 1.26. The first-order chi connectivity index (χ1) is 13.6. The Balaban J connectivity index is 1.45. The molecule has 2 heterocycles. The van der Waals surface area contributed by atoms with E-state index in [4.69, 9.17) is 0 Å². The van der Waals surface area contributed by atoms with Gasteiger partial charge >= 0.3 is 0 Å². The zero-order chi connectivity index (χ0) is 19.5. The summed E-state index contributed by atoms with van der Waals surface area (Å²) in [4.78, 5) is 31.5. The van der Waals surface area contributed by atoms with E-state index in [-0.39, 0.29) is 17.8 Å². The molecule has 0 saturated heterocycles. The Bertz CT molecular complexity index is 1000. The predicted molar refractivity (Wildman–Crippen MR) is 109 cm³/mol. The van der Waals surface area contributed by atoms with Crippen LogP contribution >= 0.6 is 11.5 Å². The third-order valence-corrected chi connectivity index (χ3v) is 5.61. The molecule has 7 heteroatoms. The summed E-state index contributed by atoms with van der Waals surface area (Å²) in [6, 6.07) is 17.7. The van der Waals surface area contributed by atoms with Gasteiger partial charge in [-0.25, -0.2) is 4.98 Å². The molecule has 1 aliphatic rings. The summed E-state index contributed by atoms with van der Waals surface area (Å²) in [7, 11) is 1.71. The Hall–Kier alpha value is -3.06. The number of nitrogens with one attached hydrogen (secondary N) is 1. The van der Waals surface area contributed by atoms with Gasteiger partial charge in [0.15, 0.2) is 0 Å². The molecule has 0 aliphatic carbocycles. The van der Waals surface area contributed by atoms with Crippen LogP contribution in [0.25, 0.3) is 0 Å². The Kier molecular flexibility index (Phi) is 5.16. The van der Waals surface area contributed by atoms with Gasteiger partial charge in [0.25, 0.3) is 0 Å². The van der Waals surface area contributed by atoms with Crippen LogP contribution in [0, 0.1) is 5.92 Å². The van der Waals surface area contributed by atoms with Gasteiger partial charge in [-0.1, -0.05) is 48.5 Å². The minimum absolute atomic E-state index is 0.206. The Morgan fingerprint density at radius 1 is 1.18 bits per heavy atom. The monoisotopic (exact) mass is 392 g/mol. The minimum atomic E-state index is -0.751. The lowest BCUT2D eigenvalue weighted by Gasteiger charge is -2.20.